The molecule has 2 N–H and O–H groups in total. The average Bonchev–Trinajstić information content (AvgIpc) is 3.14. The van der Waals surface area contributed by atoms with Gasteiger partial charge >= 0.3 is 6.03 Å². The molecule has 1 spiro atoms. The highest BCUT2D eigenvalue weighted by Gasteiger charge is 2.44. The Morgan fingerprint density at radius 2 is 2.33 bits per heavy atom. The van der Waals surface area contributed by atoms with Crippen LogP contribution in [0, 0.1) is 5.41 Å². The van der Waals surface area contributed by atoms with Crippen LogP contribution in [0.2, 0.25) is 0 Å². The molecule has 1 aromatic heterocycles. The molecule has 6 heteroatoms. The predicted molar refractivity (Wildman–Crippen MR) is 82.5 cm³/mol. The Kier molecular flexibility index (Phi) is 4.75. The number of rotatable bonds is 4. The number of nitrogens with zero attached hydrogens (tertiary/aromatic N) is 1. The molecule has 1 aromatic rings. The fourth-order valence-electron chi connectivity index (χ4n) is 3.56. The maximum absolute atomic E-state index is 12.1. The summed E-state index contributed by atoms with van der Waals surface area (Å²) in [5.41, 5.74) is 0.188. The second-order valence-corrected chi connectivity index (χ2v) is 7.01. The molecule has 2 aliphatic rings. The molecule has 1 aliphatic heterocycles. The second kappa shape index (κ2) is 6.75. The van der Waals surface area contributed by atoms with Crippen molar-refractivity contribution in [3.63, 3.8) is 0 Å². The summed E-state index contributed by atoms with van der Waals surface area (Å²) in [6.07, 6.45) is 8.45. The van der Waals surface area contributed by atoms with E-state index in [1.807, 2.05) is 6.07 Å². The third kappa shape index (κ3) is 3.55. The van der Waals surface area contributed by atoms with E-state index in [-0.39, 0.29) is 17.5 Å². The molecule has 1 aliphatic carbocycles. The maximum atomic E-state index is 12.1. The van der Waals surface area contributed by atoms with Gasteiger partial charge < -0.3 is 15.4 Å². The molecule has 1 saturated heterocycles. The van der Waals surface area contributed by atoms with Crippen LogP contribution in [0.4, 0.5) is 4.79 Å². The van der Waals surface area contributed by atoms with Crippen LogP contribution >= 0.6 is 11.5 Å². The van der Waals surface area contributed by atoms with Crippen LogP contribution in [-0.2, 0) is 11.2 Å². The number of carbonyl (C=O) groups is 1. The highest BCUT2D eigenvalue weighted by atomic mass is 32.1. The number of carbonyl (C=O) groups excluding carboxylic acids is 1. The molecule has 2 fully saturated rings. The Hall–Kier alpha value is -1.14. The Bertz CT molecular complexity index is 457. The first-order valence-electron chi connectivity index (χ1n) is 7.80. The summed E-state index contributed by atoms with van der Waals surface area (Å²) in [7, 11) is 0. The Balaban J connectivity index is 1.46. The number of amides is 2. The van der Waals surface area contributed by atoms with Crippen molar-refractivity contribution in [1.82, 2.24) is 15.0 Å². The number of ether oxygens (including phenoxy) is 1. The minimum absolute atomic E-state index is 0.0438. The van der Waals surface area contributed by atoms with Gasteiger partial charge in [-0.15, -0.1) is 0 Å². The number of nitrogens with one attached hydrogen (secondary N) is 2. The Labute approximate surface area is 129 Å². The molecule has 1 atom stereocenters. The van der Waals surface area contributed by atoms with Gasteiger partial charge in [-0.2, -0.15) is 0 Å². The van der Waals surface area contributed by atoms with Crippen molar-refractivity contribution < 1.29 is 9.53 Å². The predicted octanol–water partition coefficient (Wildman–Crippen LogP) is 2.33. The number of hydrogen-bond donors (Lipinski definition) is 2. The van der Waals surface area contributed by atoms with Gasteiger partial charge in [0.25, 0.3) is 0 Å². The highest BCUT2D eigenvalue weighted by molar-refractivity contribution is 7.05. The zero-order valence-electron chi connectivity index (χ0n) is 12.3. The van der Waals surface area contributed by atoms with Gasteiger partial charge in [0.1, 0.15) is 0 Å². The molecule has 0 radical (unpaired) electrons. The van der Waals surface area contributed by atoms with E-state index in [4.69, 9.17) is 4.74 Å². The maximum Gasteiger partial charge on any atom is 0.315 e. The van der Waals surface area contributed by atoms with E-state index in [9.17, 15) is 4.79 Å². The summed E-state index contributed by atoms with van der Waals surface area (Å²) < 4.78 is 9.73. The van der Waals surface area contributed by atoms with Gasteiger partial charge in [-0.3, -0.25) is 0 Å². The summed E-state index contributed by atoms with van der Waals surface area (Å²) in [6.45, 7) is 2.22. The SMILES string of the molecule is O=C(NCCc1ccns1)NC1CCOCC12CCCC2. The van der Waals surface area contributed by atoms with Crippen LogP contribution in [0.1, 0.15) is 37.0 Å². The van der Waals surface area contributed by atoms with E-state index >= 15 is 0 Å². The van der Waals surface area contributed by atoms with Gasteiger partial charge in [0.05, 0.1) is 6.61 Å². The van der Waals surface area contributed by atoms with Crippen LogP contribution in [0.5, 0.6) is 0 Å². The fraction of sp³-hybridized carbons (Fsp3) is 0.733. The first kappa shape index (κ1) is 14.8. The van der Waals surface area contributed by atoms with Gasteiger partial charge in [0.2, 0.25) is 0 Å². The van der Waals surface area contributed by atoms with Gasteiger partial charge in [0, 0.05) is 42.1 Å². The van der Waals surface area contributed by atoms with Gasteiger partial charge in [-0.05, 0) is 36.9 Å². The van der Waals surface area contributed by atoms with Gasteiger partial charge in [-0.1, -0.05) is 12.8 Å². The lowest BCUT2D eigenvalue weighted by molar-refractivity contribution is -0.0263. The normalized spacial score (nSPS) is 24.1. The van der Waals surface area contributed by atoms with E-state index in [1.54, 1.807) is 6.20 Å². The highest BCUT2D eigenvalue weighted by Crippen LogP contribution is 2.44. The Morgan fingerprint density at radius 1 is 1.48 bits per heavy atom. The lowest BCUT2D eigenvalue weighted by Gasteiger charge is -2.41. The molecule has 21 heavy (non-hydrogen) atoms. The topological polar surface area (TPSA) is 63.2 Å². The summed E-state index contributed by atoms with van der Waals surface area (Å²) in [6, 6.07) is 2.21. The minimum Gasteiger partial charge on any atom is -0.381 e. The first-order valence-corrected chi connectivity index (χ1v) is 8.58. The van der Waals surface area contributed by atoms with Crippen molar-refractivity contribution in [2.45, 2.75) is 44.6 Å². The van der Waals surface area contributed by atoms with Crippen molar-refractivity contribution in [2.75, 3.05) is 19.8 Å². The summed E-state index contributed by atoms with van der Waals surface area (Å²) in [4.78, 5) is 13.3. The lowest BCUT2D eigenvalue weighted by atomic mass is 9.76. The van der Waals surface area contributed by atoms with Crippen LogP contribution in [0.25, 0.3) is 0 Å². The molecule has 5 nitrogen and oxygen atoms in total. The third-order valence-electron chi connectivity index (χ3n) is 4.73. The monoisotopic (exact) mass is 309 g/mol. The smallest absolute Gasteiger partial charge is 0.315 e. The Morgan fingerprint density at radius 3 is 3.10 bits per heavy atom. The zero-order valence-corrected chi connectivity index (χ0v) is 13.1. The van der Waals surface area contributed by atoms with E-state index < -0.39 is 0 Å². The first-order chi connectivity index (χ1) is 10.3. The summed E-state index contributed by atoms with van der Waals surface area (Å²) in [5, 5.41) is 6.15. The number of aromatic nitrogens is 1. The quantitative estimate of drug-likeness (QED) is 0.897. The van der Waals surface area contributed by atoms with Crippen molar-refractivity contribution in [2.24, 2.45) is 5.41 Å². The summed E-state index contributed by atoms with van der Waals surface area (Å²) >= 11 is 1.49. The van der Waals surface area contributed by atoms with E-state index in [0.29, 0.717) is 6.54 Å². The largest absolute Gasteiger partial charge is 0.381 e. The van der Waals surface area contributed by atoms with E-state index in [0.717, 1.165) is 26.1 Å². The molecular formula is C15H23N3O2S. The van der Waals surface area contributed by atoms with Gasteiger partial charge in [-0.25, -0.2) is 9.17 Å². The van der Waals surface area contributed by atoms with Crippen molar-refractivity contribution in [3.05, 3.63) is 17.1 Å². The molecule has 116 valence electrons. The lowest BCUT2D eigenvalue weighted by Crippen LogP contribution is -2.54. The second-order valence-electron chi connectivity index (χ2n) is 6.09. The molecule has 2 amide bonds. The third-order valence-corrected chi connectivity index (χ3v) is 5.53. The molecule has 0 aromatic carbocycles. The molecule has 3 rings (SSSR count). The zero-order chi connectivity index (χ0) is 14.5. The molecule has 2 heterocycles. The number of urea groups is 1. The van der Waals surface area contributed by atoms with Crippen molar-refractivity contribution in [1.29, 1.82) is 0 Å². The van der Waals surface area contributed by atoms with Gasteiger partial charge in [0.15, 0.2) is 0 Å². The standard InChI is InChI=1S/C15H23N3O2S/c19-14(16-8-3-12-4-9-17-21-12)18-13-5-10-20-11-15(13)6-1-2-7-15/h4,9,13H,1-3,5-8,10-11H2,(H2,16,18,19). The van der Waals surface area contributed by atoms with E-state index in [1.165, 1.54) is 42.1 Å². The van der Waals surface area contributed by atoms with Crippen LogP contribution < -0.4 is 10.6 Å². The number of hydrogen-bond acceptors (Lipinski definition) is 4. The molecule has 1 saturated carbocycles. The minimum atomic E-state index is -0.0438. The molecule has 1 unspecified atom stereocenters. The summed E-state index contributed by atoms with van der Waals surface area (Å²) in [5.74, 6) is 0. The molecular weight excluding hydrogens is 286 g/mol. The average molecular weight is 309 g/mol. The van der Waals surface area contributed by atoms with Crippen LogP contribution in [0.3, 0.4) is 0 Å². The fourth-order valence-corrected chi connectivity index (χ4v) is 4.13. The van der Waals surface area contributed by atoms with Crippen molar-refractivity contribution >= 4 is 17.6 Å². The van der Waals surface area contributed by atoms with Crippen molar-refractivity contribution in [3.8, 4) is 0 Å². The van der Waals surface area contributed by atoms with Crippen LogP contribution in [-0.4, -0.2) is 36.2 Å². The van der Waals surface area contributed by atoms with E-state index in [2.05, 4.69) is 15.0 Å². The van der Waals surface area contributed by atoms with Crippen LogP contribution in [0.15, 0.2) is 12.3 Å². The molecule has 0 bridgehead atoms.